The fourth-order valence-corrected chi connectivity index (χ4v) is 10.7. The van der Waals surface area contributed by atoms with Crippen molar-refractivity contribution in [1.82, 2.24) is 5.32 Å². The first-order chi connectivity index (χ1) is 19.8. The van der Waals surface area contributed by atoms with Crippen molar-refractivity contribution in [3.8, 4) is 0 Å². The molecule has 0 spiro atoms. The molecule has 8 heteroatoms. The molecule has 4 aliphatic rings. The zero-order chi connectivity index (χ0) is 30.3. The van der Waals surface area contributed by atoms with E-state index in [1.54, 1.807) is 0 Å². The second-order valence-corrected chi connectivity index (χ2v) is 16.5. The lowest BCUT2D eigenvalue weighted by Gasteiger charge is -2.62. The van der Waals surface area contributed by atoms with Crippen LogP contribution in [-0.2, 0) is 26.3 Å². The summed E-state index contributed by atoms with van der Waals surface area (Å²) in [4.78, 5) is 12.5. The lowest BCUT2D eigenvalue weighted by Crippen LogP contribution is -2.58. The number of hydrogen-bond acceptors (Lipinski definition) is 5. The van der Waals surface area contributed by atoms with Crippen molar-refractivity contribution in [2.75, 3.05) is 12.3 Å². The fourth-order valence-electron chi connectivity index (χ4n) is 10.3. The van der Waals surface area contributed by atoms with Gasteiger partial charge in [0.2, 0.25) is 5.91 Å². The number of amides is 1. The number of hydrogen-bond donors (Lipinski definition) is 3. The van der Waals surface area contributed by atoms with Crippen LogP contribution >= 0.6 is 0 Å². The summed E-state index contributed by atoms with van der Waals surface area (Å²) in [5, 5.41) is 14.4. The van der Waals surface area contributed by atoms with Gasteiger partial charge in [0, 0.05) is 13.0 Å². The van der Waals surface area contributed by atoms with Crippen LogP contribution in [0.4, 0.5) is 0 Å². The lowest BCUT2D eigenvalue weighted by atomic mass is 9.43. The molecule has 5 rings (SSSR count). The van der Waals surface area contributed by atoms with Crippen LogP contribution in [0, 0.1) is 52.3 Å². The first kappa shape index (κ1) is 31.9. The molecule has 1 aromatic rings. The van der Waals surface area contributed by atoms with Gasteiger partial charge in [-0.1, -0.05) is 58.0 Å². The summed E-state index contributed by atoms with van der Waals surface area (Å²) in [6.07, 6.45) is 9.23. The van der Waals surface area contributed by atoms with Gasteiger partial charge in [-0.25, -0.2) is 0 Å². The minimum atomic E-state index is -4.08. The van der Waals surface area contributed by atoms with E-state index in [4.69, 9.17) is 9.29 Å². The summed E-state index contributed by atoms with van der Waals surface area (Å²) in [7, 11) is -4.08. The number of aliphatic hydroxyl groups excluding tert-OH is 1. The highest BCUT2D eigenvalue weighted by Crippen LogP contribution is 2.68. The van der Waals surface area contributed by atoms with Crippen LogP contribution < -0.4 is 5.32 Å². The first-order valence-electron chi connectivity index (χ1n) is 16.4. The molecular formula is C34H53NO6S. The largest absolute Gasteiger partial charge is 0.393 e. The van der Waals surface area contributed by atoms with E-state index < -0.39 is 15.9 Å². The maximum absolute atomic E-state index is 12.5. The molecule has 1 aromatic carbocycles. The van der Waals surface area contributed by atoms with Crippen LogP contribution in [-0.4, -0.2) is 48.5 Å². The molecule has 236 valence electrons. The quantitative estimate of drug-likeness (QED) is 0.289. The first-order valence-corrected chi connectivity index (χ1v) is 18.0. The van der Waals surface area contributed by atoms with E-state index >= 15 is 0 Å². The Balaban J connectivity index is 1.20. The molecule has 4 aliphatic carbocycles. The van der Waals surface area contributed by atoms with E-state index in [9.17, 15) is 18.3 Å². The Hall–Kier alpha value is -1.48. The Bertz CT molecular complexity index is 1190. The van der Waals surface area contributed by atoms with Crippen LogP contribution in [0.2, 0.25) is 0 Å². The zero-order valence-electron chi connectivity index (χ0n) is 26.0. The van der Waals surface area contributed by atoms with Crippen molar-refractivity contribution in [2.24, 2.45) is 52.3 Å². The third kappa shape index (κ3) is 6.47. The van der Waals surface area contributed by atoms with Crippen molar-refractivity contribution < 1.29 is 27.6 Å². The summed E-state index contributed by atoms with van der Waals surface area (Å²) in [6, 6.07) is 10.4. The average Bonchev–Trinajstić information content (AvgIpc) is 3.28. The molecule has 0 heterocycles. The van der Waals surface area contributed by atoms with Crippen molar-refractivity contribution in [1.29, 1.82) is 0 Å². The van der Waals surface area contributed by atoms with E-state index in [0.29, 0.717) is 48.5 Å². The third-order valence-electron chi connectivity index (χ3n) is 12.8. The standard InChI is InChI=1S/C34H53NO6S/c1-22(18-31(37)35-16-17-42(38,39)40)23(2)27-10-11-28-32-29(13-15-34(27,28)4)33(3)14-12-26(19-25(33)20-30(32)36)41-21-24-8-6-5-7-9-24/h5-9,22-23,25-30,32,36H,10-21H2,1-4H3,(H,35,37)(H,38,39,40)/t22?,23-,25?,26-,27-,28+,29+,30+,32+,33+,34-/m1/s1. The van der Waals surface area contributed by atoms with E-state index in [1.165, 1.54) is 24.8 Å². The molecule has 1 amide bonds. The number of rotatable bonds is 10. The molecule has 0 bridgehead atoms. The molecule has 0 radical (unpaired) electrons. The molecule has 0 aliphatic heterocycles. The molecule has 4 saturated carbocycles. The highest BCUT2D eigenvalue weighted by Gasteiger charge is 2.63. The second kappa shape index (κ2) is 12.5. The molecular weight excluding hydrogens is 550 g/mol. The highest BCUT2D eigenvalue weighted by molar-refractivity contribution is 7.85. The van der Waals surface area contributed by atoms with Gasteiger partial charge in [0.25, 0.3) is 10.1 Å². The summed E-state index contributed by atoms with van der Waals surface area (Å²) < 4.78 is 37.3. The van der Waals surface area contributed by atoms with E-state index in [2.05, 4.69) is 57.3 Å². The number of benzene rings is 1. The highest BCUT2D eigenvalue weighted by atomic mass is 32.2. The van der Waals surface area contributed by atoms with Gasteiger partial charge in [-0.3, -0.25) is 9.35 Å². The Morgan fingerprint density at radius 2 is 1.71 bits per heavy atom. The summed E-state index contributed by atoms with van der Waals surface area (Å²) in [6.45, 7) is 10.0. The summed E-state index contributed by atoms with van der Waals surface area (Å²) in [5.41, 5.74) is 1.64. The van der Waals surface area contributed by atoms with Crippen LogP contribution in [0.3, 0.4) is 0 Å². The van der Waals surface area contributed by atoms with Crippen molar-refractivity contribution >= 4 is 16.0 Å². The van der Waals surface area contributed by atoms with Gasteiger partial charge >= 0.3 is 0 Å². The van der Waals surface area contributed by atoms with Gasteiger partial charge in [0.1, 0.15) is 0 Å². The zero-order valence-corrected chi connectivity index (χ0v) is 26.8. The Morgan fingerprint density at radius 1 is 1.02 bits per heavy atom. The molecule has 7 nitrogen and oxygen atoms in total. The molecule has 3 N–H and O–H groups in total. The van der Waals surface area contributed by atoms with E-state index in [-0.39, 0.29) is 41.4 Å². The van der Waals surface area contributed by atoms with Gasteiger partial charge in [-0.15, -0.1) is 0 Å². The number of nitrogens with one attached hydrogen (secondary N) is 1. The Labute approximate surface area is 253 Å². The van der Waals surface area contributed by atoms with Crippen molar-refractivity contribution in [3.05, 3.63) is 35.9 Å². The Kier molecular flexibility index (Phi) is 9.50. The molecule has 42 heavy (non-hydrogen) atoms. The number of carbonyl (C=O) groups excluding carboxylic acids is 1. The monoisotopic (exact) mass is 603 g/mol. The van der Waals surface area contributed by atoms with E-state index in [0.717, 1.165) is 32.1 Å². The molecule has 11 atom stereocenters. The number of carbonyl (C=O) groups is 1. The molecule has 4 fully saturated rings. The lowest BCUT2D eigenvalue weighted by molar-refractivity contribution is -0.179. The van der Waals surface area contributed by atoms with Crippen molar-refractivity contribution in [3.63, 3.8) is 0 Å². The number of ether oxygens (including phenoxy) is 1. The van der Waals surface area contributed by atoms with E-state index in [1.807, 2.05) is 6.07 Å². The minimum Gasteiger partial charge on any atom is -0.393 e. The predicted octanol–water partition coefficient (Wildman–Crippen LogP) is 5.87. The van der Waals surface area contributed by atoms with Gasteiger partial charge in [0.05, 0.1) is 24.6 Å². The Morgan fingerprint density at radius 3 is 2.43 bits per heavy atom. The van der Waals surface area contributed by atoms with Gasteiger partial charge in [-0.05, 0) is 109 Å². The fraction of sp³-hybridized carbons (Fsp3) is 0.794. The van der Waals surface area contributed by atoms with Gasteiger partial charge in [0.15, 0.2) is 0 Å². The predicted molar refractivity (Wildman–Crippen MR) is 164 cm³/mol. The van der Waals surface area contributed by atoms with Gasteiger partial charge < -0.3 is 15.2 Å². The topological polar surface area (TPSA) is 113 Å². The van der Waals surface area contributed by atoms with Crippen LogP contribution in [0.15, 0.2) is 30.3 Å². The second-order valence-electron chi connectivity index (χ2n) is 14.9. The SMILES string of the molecule is CC(CC(=O)NCCS(=O)(=O)O)[C@@H](C)[C@H]1CC[C@H]2[C@@H]3[C@@H](O)CC4C[C@H](OCc5ccccc5)CC[C@]4(C)[C@H]3CC[C@]12C. The average molecular weight is 604 g/mol. The molecule has 0 saturated heterocycles. The smallest absolute Gasteiger partial charge is 0.266 e. The molecule has 0 aromatic heterocycles. The maximum Gasteiger partial charge on any atom is 0.266 e. The normalized spacial score (nSPS) is 39.4. The third-order valence-corrected chi connectivity index (χ3v) is 13.5. The van der Waals surface area contributed by atoms with Crippen LogP contribution in [0.5, 0.6) is 0 Å². The van der Waals surface area contributed by atoms with Crippen molar-refractivity contribution in [2.45, 2.75) is 104 Å². The van der Waals surface area contributed by atoms with Gasteiger partial charge in [-0.2, -0.15) is 8.42 Å². The minimum absolute atomic E-state index is 0.0669. The molecule has 2 unspecified atom stereocenters. The summed E-state index contributed by atoms with van der Waals surface area (Å²) >= 11 is 0. The van der Waals surface area contributed by atoms with Crippen LogP contribution in [0.1, 0.15) is 91.0 Å². The number of fused-ring (bicyclic) bond motifs is 5. The maximum atomic E-state index is 12.5. The van der Waals surface area contributed by atoms with Crippen LogP contribution in [0.25, 0.3) is 0 Å². The summed E-state index contributed by atoms with van der Waals surface area (Å²) in [5.74, 6) is 2.32. The number of aliphatic hydroxyl groups is 1.